The molecule has 1 saturated heterocycles. The van der Waals surface area contributed by atoms with Gasteiger partial charge in [-0.1, -0.05) is 12.8 Å². The standard InChI is InChI=1S/C17H23N5O2/c1-23-15-6-4-14(5-7-15)22-16(18-19-20-22)17(8-2-3-9-17)21-10-12-24-13-11-21/h4-7H,2-3,8-13H2,1H3. The second kappa shape index (κ2) is 6.49. The average Bonchev–Trinajstić information content (AvgIpc) is 3.32. The van der Waals surface area contributed by atoms with Gasteiger partial charge in [-0.3, -0.25) is 4.90 Å². The number of ether oxygens (including phenoxy) is 2. The first-order chi connectivity index (χ1) is 11.8. The molecular weight excluding hydrogens is 306 g/mol. The van der Waals surface area contributed by atoms with Crippen molar-refractivity contribution in [2.45, 2.75) is 31.2 Å². The van der Waals surface area contributed by atoms with Crippen LogP contribution in [0.1, 0.15) is 31.5 Å². The lowest BCUT2D eigenvalue weighted by atomic mass is 9.93. The molecule has 0 atom stereocenters. The Bertz CT molecular complexity index is 673. The van der Waals surface area contributed by atoms with Crippen molar-refractivity contribution in [1.29, 1.82) is 0 Å². The summed E-state index contributed by atoms with van der Waals surface area (Å²) in [5.74, 6) is 1.78. The lowest BCUT2D eigenvalue weighted by Gasteiger charge is -2.42. The van der Waals surface area contributed by atoms with E-state index in [0.717, 1.165) is 56.4 Å². The summed E-state index contributed by atoms with van der Waals surface area (Å²) in [4.78, 5) is 2.52. The van der Waals surface area contributed by atoms with E-state index >= 15 is 0 Å². The van der Waals surface area contributed by atoms with Crippen LogP contribution in [0.2, 0.25) is 0 Å². The third-order valence-corrected chi connectivity index (χ3v) is 5.25. The van der Waals surface area contributed by atoms with Crippen LogP contribution in [0.3, 0.4) is 0 Å². The number of morpholine rings is 1. The van der Waals surface area contributed by atoms with Gasteiger partial charge in [-0.25, -0.2) is 0 Å². The SMILES string of the molecule is COc1ccc(-n2nnnc2C2(N3CCOCC3)CCCC2)cc1. The number of tetrazole rings is 1. The highest BCUT2D eigenvalue weighted by molar-refractivity contribution is 5.37. The van der Waals surface area contributed by atoms with Gasteiger partial charge in [-0.05, 0) is 47.5 Å². The summed E-state index contributed by atoms with van der Waals surface area (Å²) in [7, 11) is 1.67. The van der Waals surface area contributed by atoms with E-state index in [9.17, 15) is 0 Å². The van der Waals surface area contributed by atoms with E-state index < -0.39 is 0 Å². The third-order valence-electron chi connectivity index (χ3n) is 5.25. The Hall–Kier alpha value is -1.99. The van der Waals surface area contributed by atoms with Crippen LogP contribution in [0.4, 0.5) is 0 Å². The molecule has 2 heterocycles. The summed E-state index contributed by atoms with van der Waals surface area (Å²) in [5, 5.41) is 12.7. The minimum absolute atomic E-state index is 0.0762. The minimum atomic E-state index is -0.0762. The molecule has 128 valence electrons. The number of hydrogen-bond donors (Lipinski definition) is 0. The molecular formula is C17H23N5O2. The van der Waals surface area contributed by atoms with Crippen molar-refractivity contribution >= 4 is 0 Å². The zero-order valence-corrected chi connectivity index (χ0v) is 14.0. The Morgan fingerprint density at radius 2 is 1.79 bits per heavy atom. The summed E-state index contributed by atoms with van der Waals surface area (Å²) in [6.45, 7) is 3.45. The van der Waals surface area contributed by atoms with Gasteiger partial charge in [0, 0.05) is 13.1 Å². The number of nitrogens with zero attached hydrogens (tertiary/aromatic N) is 5. The maximum atomic E-state index is 5.55. The van der Waals surface area contributed by atoms with Crippen molar-refractivity contribution in [1.82, 2.24) is 25.1 Å². The van der Waals surface area contributed by atoms with Crippen molar-refractivity contribution < 1.29 is 9.47 Å². The van der Waals surface area contributed by atoms with E-state index in [1.165, 1.54) is 12.8 Å². The van der Waals surface area contributed by atoms with Gasteiger partial charge in [0.15, 0.2) is 5.82 Å². The number of rotatable bonds is 4. The lowest BCUT2D eigenvalue weighted by Crippen LogP contribution is -2.51. The van der Waals surface area contributed by atoms with Crippen LogP contribution >= 0.6 is 0 Å². The molecule has 1 aliphatic heterocycles. The minimum Gasteiger partial charge on any atom is -0.497 e. The van der Waals surface area contributed by atoms with Crippen molar-refractivity contribution in [3.05, 3.63) is 30.1 Å². The van der Waals surface area contributed by atoms with Gasteiger partial charge in [0.1, 0.15) is 5.75 Å². The van der Waals surface area contributed by atoms with E-state index in [4.69, 9.17) is 9.47 Å². The van der Waals surface area contributed by atoms with Crippen molar-refractivity contribution in [3.8, 4) is 11.4 Å². The van der Waals surface area contributed by atoms with E-state index in [2.05, 4.69) is 20.4 Å². The van der Waals surface area contributed by atoms with E-state index in [0.29, 0.717) is 0 Å². The summed E-state index contributed by atoms with van der Waals surface area (Å²) in [6, 6.07) is 7.88. The number of methoxy groups -OCH3 is 1. The highest BCUT2D eigenvalue weighted by Crippen LogP contribution is 2.43. The molecule has 2 aliphatic rings. The maximum absolute atomic E-state index is 5.55. The van der Waals surface area contributed by atoms with Crippen LogP contribution in [0.25, 0.3) is 5.69 Å². The molecule has 0 amide bonds. The van der Waals surface area contributed by atoms with Crippen molar-refractivity contribution in [2.75, 3.05) is 33.4 Å². The molecule has 7 heteroatoms. The average molecular weight is 329 g/mol. The molecule has 0 unspecified atom stereocenters. The Morgan fingerprint density at radius 1 is 1.08 bits per heavy atom. The molecule has 0 spiro atoms. The molecule has 7 nitrogen and oxygen atoms in total. The highest BCUT2D eigenvalue weighted by atomic mass is 16.5. The second-order valence-corrected chi connectivity index (χ2v) is 6.45. The van der Waals surface area contributed by atoms with Gasteiger partial charge in [0.2, 0.25) is 0 Å². The predicted molar refractivity (Wildman–Crippen MR) is 88.2 cm³/mol. The monoisotopic (exact) mass is 329 g/mol. The van der Waals surface area contributed by atoms with Gasteiger partial charge in [0.25, 0.3) is 0 Å². The van der Waals surface area contributed by atoms with Crippen LogP contribution in [0.5, 0.6) is 5.75 Å². The van der Waals surface area contributed by atoms with Crippen LogP contribution in [-0.2, 0) is 10.3 Å². The predicted octanol–water partition coefficient (Wildman–Crippen LogP) is 1.77. The Morgan fingerprint density at radius 3 is 2.46 bits per heavy atom. The molecule has 1 aromatic heterocycles. The van der Waals surface area contributed by atoms with Crippen LogP contribution in [-0.4, -0.2) is 58.5 Å². The summed E-state index contributed by atoms with van der Waals surface area (Å²) < 4.78 is 12.7. The molecule has 0 N–H and O–H groups in total. The highest BCUT2D eigenvalue weighted by Gasteiger charge is 2.45. The molecule has 0 radical (unpaired) electrons. The summed E-state index contributed by atoms with van der Waals surface area (Å²) >= 11 is 0. The first-order valence-corrected chi connectivity index (χ1v) is 8.60. The largest absolute Gasteiger partial charge is 0.497 e. The van der Waals surface area contributed by atoms with Gasteiger partial charge < -0.3 is 9.47 Å². The molecule has 1 saturated carbocycles. The number of benzene rings is 1. The first-order valence-electron chi connectivity index (χ1n) is 8.60. The van der Waals surface area contributed by atoms with Gasteiger partial charge in [0.05, 0.1) is 31.5 Å². The zero-order valence-electron chi connectivity index (χ0n) is 14.0. The Kier molecular flexibility index (Phi) is 4.20. The van der Waals surface area contributed by atoms with Gasteiger partial charge in [-0.2, -0.15) is 4.68 Å². The Balaban J connectivity index is 1.73. The molecule has 24 heavy (non-hydrogen) atoms. The van der Waals surface area contributed by atoms with Gasteiger partial charge >= 0.3 is 0 Å². The quantitative estimate of drug-likeness (QED) is 0.852. The summed E-state index contributed by atoms with van der Waals surface area (Å²) in [6.07, 6.45) is 4.63. The van der Waals surface area contributed by atoms with E-state index in [-0.39, 0.29) is 5.54 Å². The van der Waals surface area contributed by atoms with E-state index in [1.807, 2.05) is 28.9 Å². The lowest BCUT2D eigenvalue weighted by molar-refractivity contribution is -0.0273. The molecule has 2 aromatic rings. The van der Waals surface area contributed by atoms with Crippen LogP contribution < -0.4 is 4.74 Å². The fourth-order valence-corrected chi connectivity index (χ4v) is 4.01. The number of aromatic nitrogens is 4. The fraction of sp³-hybridized carbons (Fsp3) is 0.588. The fourth-order valence-electron chi connectivity index (χ4n) is 4.01. The Labute approximate surface area is 141 Å². The topological polar surface area (TPSA) is 65.3 Å². The zero-order chi connectivity index (χ0) is 16.4. The molecule has 2 fully saturated rings. The third kappa shape index (κ3) is 2.57. The van der Waals surface area contributed by atoms with Crippen molar-refractivity contribution in [3.63, 3.8) is 0 Å². The van der Waals surface area contributed by atoms with Gasteiger partial charge in [-0.15, -0.1) is 5.10 Å². The molecule has 4 rings (SSSR count). The van der Waals surface area contributed by atoms with Crippen LogP contribution in [0, 0.1) is 0 Å². The molecule has 0 bridgehead atoms. The smallest absolute Gasteiger partial charge is 0.176 e. The first kappa shape index (κ1) is 15.5. The molecule has 1 aromatic carbocycles. The second-order valence-electron chi connectivity index (χ2n) is 6.45. The molecule has 1 aliphatic carbocycles. The van der Waals surface area contributed by atoms with Crippen molar-refractivity contribution in [2.24, 2.45) is 0 Å². The normalized spacial score (nSPS) is 21.0. The number of hydrogen-bond acceptors (Lipinski definition) is 6. The summed E-state index contributed by atoms with van der Waals surface area (Å²) in [5.41, 5.74) is 0.892. The maximum Gasteiger partial charge on any atom is 0.176 e. The van der Waals surface area contributed by atoms with E-state index in [1.54, 1.807) is 7.11 Å². The van der Waals surface area contributed by atoms with Crippen LogP contribution in [0.15, 0.2) is 24.3 Å².